The van der Waals surface area contributed by atoms with Gasteiger partial charge in [-0.2, -0.15) is 13.2 Å². The summed E-state index contributed by atoms with van der Waals surface area (Å²) in [6, 6.07) is 10.0. The number of ether oxygens (including phenoxy) is 1. The summed E-state index contributed by atoms with van der Waals surface area (Å²) in [6.07, 6.45) is 0.459. The third-order valence-corrected chi connectivity index (χ3v) is 7.51. The first-order chi connectivity index (χ1) is 21.2. The Hall–Kier alpha value is -4.62. The van der Waals surface area contributed by atoms with Crippen molar-refractivity contribution < 1.29 is 27.5 Å². The number of nitrogens with zero attached hydrogens (tertiary/aromatic N) is 5. The van der Waals surface area contributed by atoms with E-state index in [4.69, 9.17) is 9.57 Å². The molecule has 2 saturated heterocycles. The first kappa shape index (κ1) is 30.8. The Morgan fingerprint density at radius 2 is 1.91 bits per heavy atom. The molecule has 2 aliphatic heterocycles. The zero-order valence-corrected chi connectivity index (χ0v) is 24.3. The maximum Gasteiger partial charge on any atom is 0.416 e. The Morgan fingerprint density at radius 3 is 2.61 bits per heavy atom. The molecule has 1 unspecified atom stereocenters. The van der Waals surface area contributed by atoms with Crippen molar-refractivity contribution in [3.63, 3.8) is 0 Å². The lowest BCUT2D eigenvalue weighted by Crippen LogP contribution is -2.46. The quantitative estimate of drug-likeness (QED) is 0.226. The summed E-state index contributed by atoms with van der Waals surface area (Å²) in [4.78, 5) is 31.3. The standard InChI is InChI=1S/C31H34F3N7O3/c1-4-10-39-11-13-40(14-12-39)26-18-27(43-3)24(17-23(26)38-30(42)5-2)37-28-19-29(36-20-35-28)41-25(9-15-44-41)21-7-6-8-22(16-21)31(32,33)34/h4-8,16-20,25H,1-2,9-15H2,3H3,(H,38,42)(H,35,36,37). The SMILES string of the molecule is C=CCN1CCN(c2cc(OC)c(Nc3cc(N4OCCC4c4cccc(C(F)(F)F)c4)ncn3)cc2NC(=O)C=C)CC1. The first-order valence-corrected chi connectivity index (χ1v) is 14.1. The van der Waals surface area contributed by atoms with Gasteiger partial charge in [0.25, 0.3) is 0 Å². The predicted octanol–water partition coefficient (Wildman–Crippen LogP) is 5.56. The van der Waals surface area contributed by atoms with E-state index in [9.17, 15) is 18.0 Å². The zero-order valence-electron chi connectivity index (χ0n) is 24.3. The van der Waals surface area contributed by atoms with Crippen molar-refractivity contribution >= 4 is 34.6 Å². The van der Waals surface area contributed by atoms with Gasteiger partial charge in [-0.05, 0) is 29.8 Å². The maximum atomic E-state index is 13.4. The molecule has 0 bridgehead atoms. The predicted molar refractivity (Wildman–Crippen MR) is 163 cm³/mol. The minimum atomic E-state index is -4.45. The van der Waals surface area contributed by atoms with E-state index in [2.05, 4.69) is 43.6 Å². The highest BCUT2D eigenvalue weighted by Crippen LogP contribution is 2.40. The van der Waals surface area contributed by atoms with Crippen LogP contribution in [0.2, 0.25) is 0 Å². The van der Waals surface area contributed by atoms with Crippen LogP contribution in [0.4, 0.5) is 41.9 Å². The average molecular weight is 610 g/mol. The third kappa shape index (κ3) is 6.95. The Balaban J connectivity index is 1.42. The number of hydroxylamine groups is 1. The molecule has 3 heterocycles. The van der Waals surface area contributed by atoms with Crippen molar-refractivity contribution in [1.29, 1.82) is 0 Å². The number of piperazine rings is 1. The third-order valence-electron chi connectivity index (χ3n) is 7.51. The van der Waals surface area contributed by atoms with Gasteiger partial charge in [-0.15, -0.1) is 6.58 Å². The molecule has 44 heavy (non-hydrogen) atoms. The first-order valence-electron chi connectivity index (χ1n) is 14.1. The molecule has 1 amide bonds. The van der Waals surface area contributed by atoms with Crippen LogP contribution in [0, 0.1) is 0 Å². The number of nitrogens with one attached hydrogen (secondary N) is 2. The minimum absolute atomic E-state index is 0.317. The minimum Gasteiger partial charge on any atom is -0.494 e. The highest BCUT2D eigenvalue weighted by Gasteiger charge is 2.34. The molecule has 2 aliphatic rings. The van der Waals surface area contributed by atoms with Gasteiger partial charge in [-0.25, -0.2) is 15.0 Å². The fourth-order valence-electron chi connectivity index (χ4n) is 5.33. The van der Waals surface area contributed by atoms with E-state index in [0.29, 0.717) is 47.4 Å². The zero-order chi connectivity index (χ0) is 31.3. The number of aromatic nitrogens is 2. The molecule has 10 nitrogen and oxygen atoms in total. The van der Waals surface area contributed by atoms with Crippen LogP contribution in [-0.2, 0) is 15.8 Å². The monoisotopic (exact) mass is 609 g/mol. The van der Waals surface area contributed by atoms with Gasteiger partial charge < -0.3 is 20.3 Å². The maximum absolute atomic E-state index is 13.4. The lowest BCUT2D eigenvalue weighted by molar-refractivity contribution is -0.137. The molecular weight excluding hydrogens is 575 g/mol. The van der Waals surface area contributed by atoms with Crippen molar-refractivity contribution in [3.8, 4) is 5.75 Å². The van der Waals surface area contributed by atoms with E-state index in [1.807, 2.05) is 12.1 Å². The number of alkyl halides is 3. The molecule has 0 spiro atoms. The molecule has 2 fully saturated rings. The van der Waals surface area contributed by atoms with Gasteiger partial charge >= 0.3 is 6.18 Å². The number of anilines is 5. The van der Waals surface area contributed by atoms with Gasteiger partial charge in [0.2, 0.25) is 5.91 Å². The number of carbonyl (C=O) groups is 1. The summed E-state index contributed by atoms with van der Waals surface area (Å²) >= 11 is 0. The summed E-state index contributed by atoms with van der Waals surface area (Å²) in [6.45, 7) is 11.7. The van der Waals surface area contributed by atoms with Crippen LogP contribution >= 0.6 is 0 Å². The molecule has 2 aromatic carbocycles. The van der Waals surface area contributed by atoms with E-state index in [-0.39, 0.29) is 5.91 Å². The highest BCUT2D eigenvalue weighted by atomic mass is 19.4. The van der Waals surface area contributed by atoms with Crippen LogP contribution in [0.3, 0.4) is 0 Å². The van der Waals surface area contributed by atoms with Crippen molar-refractivity contribution in [2.75, 3.05) is 67.0 Å². The summed E-state index contributed by atoms with van der Waals surface area (Å²) < 4.78 is 45.8. The average Bonchev–Trinajstić information content (AvgIpc) is 3.52. The largest absolute Gasteiger partial charge is 0.494 e. The van der Waals surface area contributed by atoms with Gasteiger partial charge in [-0.3, -0.25) is 14.5 Å². The van der Waals surface area contributed by atoms with E-state index in [1.54, 1.807) is 25.3 Å². The highest BCUT2D eigenvalue weighted by molar-refractivity contribution is 6.02. The van der Waals surface area contributed by atoms with E-state index in [1.165, 1.54) is 23.5 Å². The molecule has 232 valence electrons. The molecule has 2 N–H and O–H groups in total. The summed E-state index contributed by atoms with van der Waals surface area (Å²) in [7, 11) is 1.55. The van der Waals surface area contributed by atoms with Crippen molar-refractivity contribution in [1.82, 2.24) is 14.9 Å². The van der Waals surface area contributed by atoms with Gasteiger partial charge in [0.15, 0.2) is 5.82 Å². The van der Waals surface area contributed by atoms with Crippen LogP contribution in [-0.4, -0.2) is 67.2 Å². The summed E-state index contributed by atoms with van der Waals surface area (Å²) in [5.74, 6) is 0.919. The Bertz CT molecular complexity index is 1510. The summed E-state index contributed by atoms with van der Waals surface area (Å²) in [5.41, 5.74) is 1.65. The van der Waals surface area contributed by atoms with E-state index < -0.39 is 17.8 Å². The van der Waals surface area contributed by atoms with Crippen molar-refractivity contribution in [2.24, 2.45) is 0 Å². The van der Waals surface area contributed by atoms with Crippen LogP contribution in [0.25, 0.3) is 0 Å². The van der Waals surface area contributed by atoms with Gasteiger partial charge in [-0.1, -0.05) is 24.8 Å². The van der Waals surface area contributed by atoms with E-state index in [0.717, 1.165) is 50.5 Å². The topological polar surface area (TPSA) is 95.1 Å². The molecule has 0 saturated carbocycles. The fraction of sp³-hybridized carbons (Fsp3) is 0.323. The normalized spacial score (nSPS) is 17.3. The fourth-order valence-corrected chi connectivity index (χ4v) is 5.33. The van der Waals surface area contributed by atoms with Crippen LogP contribution < -0.4 is 25.3 Å². The molecule has 1 atom stereocenters. The number of hydrogen-bond acceptors (Lipinski definition) is 9. The summed E-state index contributed by atoms with van der Waals surface area (Å²) in [5, 5.41) is 7.64. The number of carbonyl (C=O) groups excluding carboxylic acids is 1. The lowest BCUT2D eigenvalue weighted by atomic mass is 10.0. The van der Waals surface area contributed by atoms with E-state index >= 15 is 0 Å². The Morgan fingerprint density at radius 1 is 1.11 bits per heavy atom. The van der Waals surface area contributed by atoms with Crippen molar-refractivity contribution in [2.45, 2.75) is 18.6 Å². The molecule has 5 rings (SSSR count). The van der Waals surface area contributed by atoms with Crippen LogP contribution in [0.15, 0.2) is 74.1 Å². The van der Waals surface area contributed by atoms with Gasteiger partial charge in [0, 0.05) is 51.3 Å². The number of rotatable bonds is 10. The van der Waals surface area contributed by atoms with Crippen LogP contribution in [0.5, 0.6) is 5.75 Å². The molecule has 13 heteroatoms. The number of halogens is 3. The van der Waals surface area contributed by atoms with Gasteiger partial charge in [0.05, 0.1) is 42.4 Å². The molecule has 0 radical (unpaired) electrons. The van der Waals surface area contributed by atoms with Crippen LogP contribution in [0.1, 0.15) is 23.6 Å². The molecular formula is C31H34F3N7O3. The number of methoxy groups -OCH3 is 1. The smallest absolute Gasteiger partial charge is 0.416 e. The second-order valence-electron chi connectivity index (χ2n) is 10.3. The molecule has 0 aliphatic carbocycles. The second kappa shape index (κ2) is 13.3. The van der Waals surface area contributed by atoms with Crippen molar-refractivity contribution in [3.05, 3.63) is 85.2 Å². The number of hydrogen-bond donors (Lipinski definition) is 2. The number of amides is 1. The lowest BCUT2D eigenvalue weighted by Gasteiger charge is -2.36. The molecule has 3 aromatic rings. The Kier molecular flexibility index (Phi) is 9.35. The van der Waals surface area contributed by atoms with Gasteiger partial charge in [0.1, 0.15) is 17.9 Å². The number of benzene rings is 2. The molecule has 1 aromatic heterocycles. The second-order valence-corrected chi connectivity index (χ2v) is 10.3. The Labute approximate surface area is 253 Å².